The first kappa shape index (κ1) is 9.24. The van der Waals surface area contributed by atoms with E-state index in [-0.39, 0.29) is 5.89 Å². The molecule has 0 aliphatic rings. The molecular formula is C10H8ClNO2. The smallest absolute Gasteiger partial charge is 0.227 e. The number of aliphatic hydroxyl groups excluding tert-OH is 1. The summed E-state index contributed by atoms with van der Waals surface area (Å²) in [4.78, 5) is 3.87. The van der Waals surface area contributed by atoms with E-state index in [1.165, 1.54) is 12.5 Å². The summed E-state index contributed by atoms with van der Waals surface area (Å²) in [5.74, 6) is 0.285. The normalized spacial score (nSPS) is 12.7. The average molecular weight is 210 g/mol. The fourth-order valence-corrected chi connectivity index (χ4v) is 1.28. The molecule has 0 aliphatic heterocycles. The van der Waals surface area contributed by atoms with Crippen molar-refractivity contribution in [2.45, 2.75) is 6.10 Å². The van der Waals surface area contributed by atoms with Gasteiger partial charge in [0.25, 0.3) is 0 Å². The Hall–Kier alpha value is -1.32. The highest BCUT2D eigenvalue weighted by atomic mass is 35.5. The van der Waals surface area contributed by atoms with Gasteiger partial charge < -0.3 is 9.52 Å². The molecule has 72 valence electrons. The number of nitrogens with zero attached hydrogens (tertiary/aromatic N) is 1. The van der Waals surface area contributed by atoms with E-state index in [0.29, 0.717) is 10.6 Å². The molecule has 14 heavy (non-hydrogen) atoms. The molecule has 0 amide bonds. The lowest BCUT2D eigenvalue weighted by atomic mass is 10.1. The van der Waals surface area contributed by atoms with Crippen molar-refractivity contribution in [3.05, 3.63) is 53.2 Å². The van der Waals surface area contributed by atoms with E-state index in [4.69, 9.17) is 16.0 Å². The Bertz CT molecular complexity index is 397. The van der Waals surface area contributed by atoms with Gasteiger partial charge in [0, 0.05) is 5.02 Å². The fraction of sp³-hybridized carbons (Fsp3) is 0.100. The standard InChI is InChI=1S/C10H8ClNO2/c11-8-3-1-7(2-4-8)9(13)10-12-5-6-14-10/h1-6,9,13H. The number of hydrogen-bond donors (Lipinski definition) is 1. The van der Waals surface area contributed by atoms with E-state index >= 15 is 0 Å². The van der Waals surface area contributed by atoms with Crippen molar-refractivity contribution in [1.29, 1.82) is 0 Å². The summed E-state index contributed by atoms with van der Waals surface area (Å²) in [7, 11) is 0. The first-order chi connectivity index (χ1) is 6.77. The summed E-state index contributed by atoms with van der Waals surface area (Å²) >= 11 is 5.72. The Labute approximate surface area is 86.0 Å². The monoisotopic (exact) mass is 209 g/mol. The predicted octanol–water partition coefficient (Wildman–Crippen LogP) is 2.41. The third-order valence-electron chi connectivity index (χ3n) is 1.87. The van der Waals surface area contributed by atoms with Crippen LogP contribution in [-0.4, -0.2) is 10.1 Å². The van der Waals surface area contributed by atoms with Crippen LogP contribution in [0.25, 0.3) is 0 Å². The summed E-state index contributed by atoms with van der Waals surface area (Å²) < 4.78 is 4.99. The summed E-state index contributed by atoms with van der Waals surface area (Å²) in [5.41, 5.74) is 0.705. The molecule has 0 saturated carbocycles. The molecule has 0 spiro atoms. The minimum Gasteiger partial charge on any atom is -0.446 e. The first-order valence-corrected chi connectivity index (χ1v) is 4.48. The lowest BCUT2D eigenvalue weighted by Crippen LogP contribution is -1.99. The highest BCUT2D eigenvalue weighted by Crippen LogP contribution is 2.21. The van der Waals surface area contributed by atoms with Crippen LogP contribution in [0.1, 0.15) is 17.6 Å². The summed E-state index contributed by atoms with van der Waals surface area (Å²) in [6.45, 7) is 0. The molecule has 1 heterocycles. The van der Waals surface area contributed by atoms with Crippen LogP contribution in [0.5, 0.6) is 0 Å². The van der Waals surface area contributed by atoms with Gasteiger partial charge >= 0.3 is 0 Å². The largest absolute Gasteiger partial charge is 0.446 e. The number of aromatic nitrogens is 1. The number of rotatable bonds is 2. The van der Waals surface area contributed by atoms with Gasteiger partial charge in [-0.15, -0.1) is 0 Å². The van der Waals surface area contributed by atoms with E-state index in [2.05, 4.69) is 4.98 Å². The zero-order valence-electron chi connectivity index (χ0n) is 7.22. The van der Waals surface area contributed by atoms with Crippen molar-refractivity contribution in [3.63, 3.8) is 0 Å². The maximum Gasteiger partial charge on any atom is 0.227 e. The fourth-order valence-electron chi connectivity index (χ4n) is 1.16. The highest BCUT2D eigenvalue weighted by Gasteiger charge is 2.13. The molecule has 0 saturated heterocycles. The van der Waals surface area contributed by atoms with Crippen LogP contribution in [0.3, 0.4) is 0 Å². The van der Waals surface area contributed by atoms with Crippen molar-refractivity contribution >= 4 is 11.6 Å². The number of oxazole rings is 1. The van der Waals surface area contributed by atoms with Crippen molar-refractivity contribution < 1.29 is 9.52 Å². The number of benzene rings is 1. The number of aliphatic hydroxyl groups is 1. The molecule has 1 aromatic carbocycles. The lowest BCUT2D eigenvalue weighted by Gasteiger charge is -2.06. The Morgan fingerprint density at radius 1 is 1.29 bits per heavy atom. The highest BCUT2D eigenvalue weighted by molar-refractivity contribution is 6.30. The van der Waals surface area contributed by atoms with E-state index in [1.54, 1.807) is 24.3 Å². The second-order valence-electron chi connectivity index (χ2n) is 2.82. The van der Waals surface area contributed by atoms with Gasteiger partial charge in [-0.2, -0.15) is 0 Å². The minimum absolute atomic E-state index is 0.285. The molecule has 2 rings (SSSR count). The maximum absolute atomic E-state index is 9.77. The molecule has 1 N–H and O–H groups in total. The Kier molecular flexibility index (Phi) is 2.52. The first-order valence-electron chi connectivity index (χ1n) is 4.10. The van der Waals surface area contributed by atoms with Crippen LogP contribution in [-0.2, 0) is 0 Å². The summed E-state index contributed by atoms with van der Waals surface area (Å²) in [5, 5.41) is 10.4. The van der Waals surface area contributed by atoms with Gasteiger partial charge in [0.05, 0.1) is 6.20 Å². The molecule has 1 aromatic heterocycles. The lowest BCUT2D eigenvalue weighted by molar-refractivity contribution is 0.182. The van der Waals surface area contributed by atoms with Crippen molar-refractivity contribution in [1.82, 2.24) is 4.98 Å². The molecule has 2 aromatic rings. The maximum atomic E-state index is 9.77. The van der Waals surface area contributed by atoms with Crippen molar-refractivity contribution in [2.75, 3.05) is 0 Å². The summed E-state index contributed by atoms with van der Waals surface area (Å²) in [6, 6.07) is 6.89. The van der Waals surface area contributed by atoms with Gasteiger partial charge in [-0.1, -0.05) is 23.7 Å². The molecule has 0 fully saturated rings. The summed E-state index contributed by atoms with van der Waals surface area (Å²) in [6.07, 6.45) is 2.09. The Balaban J connectivity index is 2.28. The average Bonchev–Trinajstić information content (AvgIpc) is 2.71. The van der Waals surface area contributed by atoms with Gasteiger partial charge in [0.2, 0.25) is 5.89 Å². The second kappa shape index (κ2) is 3.82. The Morgan fingerprint density at radius 3 is 2.57 bits per heavy atom. The van der Waals surface area contributed by atoms with Crippen molar-refractivity contribution in [3.8, 4) is 0 Å². The zero-order chi connectivity index (χ0) is 9.97. The van der Waals surface area contributed by atoms with Crippen molar-refractivity contribution in [2.24, 2.45) is 0 Å². The molecule has 1 unspecified atom stereocenters. The molecular weight excluding hydrogens is 202 g/mol. The van der Waals surface area contributed by atoms with Gasteiger partial charge in [-0.25, -0.2) is 4.98 Å². The molecule has 0 radical (unpaired) electrons. The SMILES string of the molecule is OC(c1ccc(Cl)cc1)c1ncco1. The molecule has 0 bridgehead atoms. The molecule has 4 heteroatoms. The van der Waals surface area contributed by atoms with Crippen LogP contribution >= 0.6 is 11.6 Å². The van der Waals surface area contributed by atoms with Crippen LogP contribution in [0.4, 0.5) is 0 Å². The zero-order valence-corrected chi connectivity index (χ0v) is 7.98. The van der Waals surface area contributed by atoms with E-state index < -0.39 is 6.10 Å². The Morgan fingerprint density at radius 2 is 2.00 bits per heavy atom. The third-order valence-corrected chi connectivity index (χ3v) is 2.12. The quantitative estimate of drug-likeness (QED) is 0.826. The van der Waals surface area contributed by atoms with E-state index in [9.17, 15) is 5.11 Å². The van der Waals surface area contributed by atoms with E-state index in [0.717, 1.165) is 0 Å². The third kappa shape index (κ3) is 1.78. The van der Waals surface area contributed by atoms with E-state index in [1.807, 2.05) is 0 Å². The van der Waals surface area contributed by atoms with Gasteiger partial charge in [0.1, 0.15) is 6.26 Å². The van der Waals surface area contributed by atoms with Gasteiger partial charge in [0.15, 0.2) is 6.10 Å². The van der Waals surface area contributed by atoms with Crippen LogP contribution in [0, 0.1) is 0 Å². The molecule has 3 nitrogen and oxygen atoms in total. The van der Waals surface area contributed by atoms with Crippen LogP contribution in [0.2, 0.25) is 5.02 Å². The van der Waals surface area contributed by atoms with Gasteiger partial charge in [-0.05, 0) is 17.7 Å². The topological polar surface area (TPSA) is 46.3 Å². The number of halogens is 1. The second-order valence-corrected chi connectivity index (χ2v) is 3.26. The predicted molar refractivity (Wildman–Crippen MR) is 52.0 cm³/mol. The van der Waals surface area contributed by atoms with Gasteiger partial charge in [-0.3, -0.25) is 0 Å². The minimum atomic E-state index is -0.831. The number of hydrogen-bond acceptors (Lipinski definition) is 3. The van der Waals surface area contributed by atoms with Crippen LogP contribution in [0.15, 0.2) is 41.1 Å². The molecule has 0 aliphatic carbocycles. The molecule has 1 atom stereocenters. The van der Waals surface area contributed by atoms with Crippen LogP contribution < -0.4 is 0 Å².